The van der Waals surface area contributed by atoms with E-state index in [1.54, 1.807) is 0 Å². The molecule has 0 saturated carbocycles. The maximum Gasteiger partial charge on any atom is 0.407 e. The van der Waals surface area contributed by atoms with Gasteiger partial charge in [0.2, 0.25) is 5.91 Å². The summed E-state index contributed by atoms with van der Waals surface area (Å²) in [5, 5.41) is 18.1. The van der Waals surface area contributed by atoms with Crippen molar-refractivity contribution in [2.24, 2.45) is 7.05 Å². The number of hydrogen-bond acceptors (Lipinski definition) is 6. The lowest BCUT2D eigenvalue weighted by molar-refractivity contribution is -0.117. The Kier molecular flexibility index (Phi) is 7.41. The van der Waals surface area contributed by atoms with Gasteiger partial charge in [-0.3, -0.25) is 9.48 Å². The highest BCUT2D eigenvalue weighted by atomic mass is 16.5. The first kappa shape index (κ1) is 24.0. The molecule has 3 N–H and O–H groups in total. The summed E-state index contributed by atoms with van der Waals surface area (Å²) < 4.78 is 12.1. The van der Waals surface area contributed by atoms with E-state index in [1.165, 1.54) is 17.9 Å². The van der Waals surface area contributed by atoms with Crippen LogP contribution in [-0.4, -0.2) is 59.2 Å². The summed E-state index contributed by atoms with van der Waals surface area (Å²) in [6.07, 6.45) is 0.657. The predicted molar refractivity (Wildman–Crippen MR) is 127 cm³/mol. The number of carbonyl (C=O) groups excluding carboxylic acids is 2. The van der Waals surface area contributed by atoms with Gasteiger partial charge in [0.1, 0.15) is 18.0 Å². The van der Waals surface area contributed by atoms with Gasteiger partial charge in [-0.25, -0.2) is 9.59 Å². The highest BCUT2D eigenvalue weighted by Gasteiger charge is 2.28. The van der Waals surface area contributed by atoms with Crippen LogP contribution < -0.4 is 10.6 Å². The number of nitrogens with one attached hydrogen (secondary N) is 2. The SMILES string of the molecule is Cn1ncc(C(=O)O)c1NC(=O)CCOCCNC(=O)OCC1c2ccccc2-c2ccccc21. The van der Waals surface area contributed by atoms with Crippen LogP contribution in [0.3, 0.4) is 0 Å². The zero-order valence-corrected chi connectivity index (χ0v) is 19.2. The van der Waals surface area contributed by atoms with Crippen LogP contribution in [0.2, 0.25) is 0 Å². The summed E-state index contributed by atoms with van der Waals surface area (Å²) in [7, 11) is 1.54. The molecule has 0 saturated heterocycles. The average molecular weight is 479 g/mol. The lowest BCUT2D eigenvalue weighted by Gasteiger charge is -2.14. The number of aromatic carboxylic acids is 1. The van der Waals surface area contributed by atoms with Crippen LogP contribution in [-0.2, 0) is 21.3 Å². The number of aromatic nitrogens is 2. The molecule has 0 fully saturated rings. The zero-order valence-electron chi connectivity index (χ0n) is 19.2. The fourth-order valence-electron chi connectivity index (χ4n) is 4.08. The van der Waals surface area contributed by atoms with Crippen LogP contribution in [0, 0.1) is 0 Å². The molecule has 1 aliphatic rings. The average Bonchev–Trinajstić information content (AvgIpc) is 3.37. The summed E-state index contributed by atoms with van der Waals surface area (Å²) >= 11 is 0. The van der Waals surface area contributed by atoms with E-state index in [0.717, 1.165) is 22.3 Å². The molecule has 10 heteroatoms. The highest BCUT2D eigenvalue weighted by Crippen LogP contribution is 2.44. The third-order valence-corrected chi connectivity index (χ3v) is 5.76. The summed E-state index contributed by atoms with van der Waals surface area (Å²) in [6.45, 7) is 0.762. The number of carboxylic acids is 1. The van der Waals surface area contributed by atoms with Gasteiger partial charge < -0.3 is 25.2 Å². The molecule has 1 aromatic heterocycles. The van der Waals surface area contributed by atoms with Gasteiger partial charge in [0, 0.05) is 19.5 Å². The van der Waals surface area contributed by atoms with Crippen LogP contribution in [0.1, 0.15) is 33.8 Å². The summed E-state index contributed by atoms with van der Waals surface area (Å²) in [4.78, 5) is 35.4. The second-order valence-corrected chi connectivity index (χ2v) is 8.00. The molecule has 1 heterocycles. The third kappa shape index (κ3) is 5.49. The molecule has 2 aromatic carbocycles. The van der Waals surface area contributed by atoms with Crippen molar-refractivity contribution in [2.45, 2.75) is 12.3 Å². The molecule has 35 heavy (non-hydrogen) atoms. The molecule has 3 aromatic rings. The minimum atomic E-state index is -1.18. The lowest BCUT2D eigenvalue weighted by atomic mass is 9.98. The summed E-state index contributed by atoms with van der Waals surface area (Å²) in [5.41, 5.74) is 4.53. The fraction of sp³-hybridized carbons (Fsp3) is 0.280. The molecule has 0 aliphatic heterocycles. The Bertz CT molecular complexity index is 1190. The molecule has 2 amide bonds. The number of carbonyl (C=O) groups is 3. The van der Waals surface area contributed by atoms with Crippen LogP contribution in [0.5, 0.6) is 0 Å². The van der Waals surface area contributed by atoms with Gasteiger partial charge in [-0.2, -0.15) is 5.10 Å². The van der Waals surface area contributed by atoms with E-state index in [9.17, 15) is 14.4 Å². The molecule has 10 nitrogen and oxygen atoms in total. The maximum atomic E-state index is 12.2. The highest BCUT2D eigenvalue weighted by molar-refractivity contribution is 5.99. The number of rotatable bonds is 10. The van der Waals surface area contributed by atoms with E-state index < -0.39 is 18.0 Å². The second kappa shape index (κ2) is 10.8. The largest absolute Gasteiger partial charge is 0.477 e. The van der Waals surface area contributed by atoms with Crippen molar-refractivity contribution >= 4 is 23.8 Å². The molecule has 0 atom stereocenters. The first-order chi connectivity index (χ1) is 17.0. The lowest BCUT2D eigenvalue weighted by Crippen LogP contribution is -2.29. The normalized spacial score (nSPS) is 12.0. The minimum Gasteiger partial charge on any atom is -0.477 e. The van der Waals surface area contributed by atoms with Gasteiger partial charge >= 0.3 is 12.1 Å². The Morgan fingerprint density at radius 1 is 1.03 bits per heavy atom. The number of aryl methyl sites for hydroxylation is 1. The molecule has 4 rings (SSSR count). The standard InChI is InChI=1S/C25H26N4O6/c1-29-23(20(14-27-29)24(31)32)28-22(30)10-12-34-13-11-26-25(33)35-15-21-18-8-4-2-6-16(18)17-7-3-5-9-19(17)21/h2-9,14,21H,10-13,15H2,1H3,(H,26,33)(H,28,30)(H,31,32). The van der Waals surface area contributed by atoms with Gasteiger partial charge in [-0.05, 0) is 22.3 Å². The molecule has 0 radical (unpaired) electrons. The smallest absolute Gasteiger partial charge is 0.407 e. The molecular formula is C25H26N4O6. The summed E-state index contributed by atoms with van der Waals surface area (Å²) in [6, 6.07) is 16.2. The Morgan fingerprint density at radius 3 is 2.34 bits per heavy atom. The molecule has 0 spiro atoms. The molecule has 182 valence electrons. The van der Waals surface area contributed by atoms with Gasteiger partial charge in [0.15, 0.2) is 0 Å². The van der Waals surface area contributed by atoms with Crippen molar-refractivity contribution in [2.75, 3.05) is 31.7 Å². The number of nitrogens with zero attached hydrogens (tertiary/aromatic N) is 2. The number of alkyl carbamates (subject to hydrolysis) is 1. The second-order valence-electron chi connectivity index (χ2n) is 8.00. The van der Waals surface area contributed by atoms with Crippen molar-refractivity contribution < 1.29 is 29.0 Å². The van der Waals surface area contributed by atoms with E-state index in [2.05, 4.69) is 40.0 Å². The van der Waals surface area contributed by atoms with Crippen molar-refractivity contribution in [1.82, 2.24) is 15.1 Å². The Hall–Kier alpha value is -4.18. The van der Waals surface area contributed by atoms with Gasteiger partial charge in [-0.15, -0.1) is 0 Å². The van der Waals surface area contributed by atoms with Gasteiger partial charge in [0.25, 0.3) is 0 Å². The predicted octanol–water partition coefficient (Wildman–Crippen LogP) is 3.00. The Morgan fingerprint density at radius 2 is 1.69 bits per heavy atom. The Labute approximate surface area is 201 Å². The number of amides is 2. The number of anilines is 1. The minimum absolute atomic E-state index is 0.0102. The van der Waals surface area contributed by atoms with Crippen molar-refractivity contribution in [1.29, 1.82) is 0 Å². The van der Waals surface area contributed by atoms with E-state index >= 15 is 0 Å². The van der Waals surface area contributed by atoms with Crippen LogP contribution in [0.25, 0.3) is 11.1 Å². The summed E-state index contributed by atoms with van der Waals surface area (Å²) in [5.74, 6) is -1.48. The Balaban J connectivity index is 1.15. The van der Waals surface area contributed by atoms with Gasteiger partial charge in [-0.1, -0.05) is 48.5 Å². The zero-order chi connectivity index (χ0) is 24.8. The van der Waals surface area contributed by atoms with Crippen LogP contribution in [0.4, 0.5) is 10.6 Å². The first-order valence-corrected chi connectivity index (χ1v) is 11.2. The van der Waals surface area contributed by atoms with Crippen molar-refractivity contribution in [3.63, 3.8) is 0 Å². The molecule has 0 bridgehead atoms. The fourth-order valence-corrected chi connectivity index (χ4v) is 4.08. The monoisotopic (exact) mass is 478 g/mol. The number of carboxylic acid groups (broad SMARTS) is 1. The van der Waals surface area contributed by atoms with Crippen LogP contribution in [0.15, 0.2) is 54.7 Å². The number of benzene rings is 2. The molecule has 1 aliphatic carbocycles. The molecule has 0 unspecified atom stereocenters. The first-order valence-electron chi connectivity index (χ1n) is 11.2. The quantitative estimate of drug-likeness (QED) is 0.382. The number of hydrogen-bond donors (Lipinski definition) is 3. The third-order valence-electron chi connectivity index (χ3n) is 5.76. The van der Waals surface area contributed by atoms with Crippen LogP contribution >= 0.6 is 0 Å². The molecular weight excluding hydrogens is 452 g/mol. The number of fused-ring (bicyclic) bond motifs is 3. The maximum absolute atomic E-state index is 12.2. The van der Waals surface area contributed by atoms with E-state index in [-0.39, 0.29) is 50.1 Å². The van der Waals surface area contributed by atoms with Gasteiger partial charge in [0.05, 0.1) is 25.8 Å². The van der Waals surface area contributed by atoms with E-state index in [1.807, 2.05) is 24.3 Å². The number of ether oxygens (including phenoxy) is 2. The van der Waals surface area contributed by atoms with E-state index in [4.69, 9.17) is 14.6 Å². The van der Waals surface area contributed by atoms with Crippen molar-refractivity contribution in [3.05, 3.63) is 71.4 Å². The topological polar surface area (TPSA) is 132 Å². The van der Waals surface area contributed by atoms with E-state index in [0.29, 0.717) is 0 Å². The van der Waals surface area contributed by atoms with Crippen molar-refractivity contribution in [3.8, 4) is 11.1 Å².